The van der Waals surface area contributed by atoms with Crippen LogP contribution in [0.2, 0.25) is 0 Å². The first-order valence-corrected chi connectivity index (χ1v) is 50.2. The van der Waals surface area contributed by atoms with Crippen LogP contribution in [0.25, 0.3) is 134 Å². The molecule has 18 aromatic rings. The topological polar surface area (TPSA) is 412 Å². The van der Waals surface area contributed by atoms with Crippen LogP contribution in [0.1, 0.15) is 94.0 Å². The molecule has 0 fully saturated rings. The van der Waals surface area contributed by atoms with Crippen LogP contribution < -0.4 is 45.5 Å². The number of pyridine rings is 3. The van der Waals surface area contributed by atoms with Crippen molar-refractivity contribution in [2.75, 3.05) is 94.3 Å². The number of sulfonamides is 3. The molecular formula is C105H95F4N15O17S3. The Bertz CT molecular complexity index is 8810. The lowest BCUT2D eigenvalue weighted by atomic mass is 10.0. The van der Waals surface area contributed by atoms with Gasteiger partial charge in [-0.25, -0.2) is 72.7 Å². The first-order chi connectivity index (χ1) is 68.4. The van der Waals surface area contributed by atoms with E-state index in [1.165, 1.54) is 148 Å². The molecule has 3 amide bonds. The highest BCUT2D eigenvalue weighted by Crippen LogP contribution is 2.46. The van der Waals surface area contributed by atoms with E-state index in [2.05, 4.69) is 30.9 Å². The Morgan fingerprint density at radius 1 is 0.403 bits per heavy atom. The van der Waals surface area contributed by atoms with Crippen LogP contribution in [0, 0.1) is 64.8 Å². The Balaban J connectivity index is 0.000000155. The minimum Gasteiger partial charge on any atom is -0.455 e. The second-order valence-corrected chi connectivity index (χ2v) is 40.5. The molecule has 0 radical (unpaired) electrons. The fraction of sp³-hybridized carbons (Fsp3) is 0.200. The molecule has 9 aromatic carbocycles. The summed E-state index contributed by atoms with van der Waals surface area (Å²) in [5.41, 5.74) is 8.82. The van der Waals surface area contributed by atoms with Gasteiger partial charge in [-0.05, 0) is 192 Å². The second kappa shape index (κ2) is 40.0. The van der Waals surface area contributed by atoms with Crippen LogP contribution >= 0.6 is 0 Å². The molecule has 738 valence electrons. The van der Waals surface area contributed by atoms with Crippen LogP contribution in [0.4, 0.5) is 34.6 Å². The third kappa shape index (κ3) is 19.8. The zero-order chi connectivity index (χ0) is 103. The Hall–Kier alpha value is -16.2. The summed E-state index contributed by atoms with van der Waals surface area (Å²) in [6, 6.07) is 54.1. The van der Waals surface area contributed by atoms with E-state index < -0.39 is 99.8 Å². The van der Waals surface area contributed by atoms with Crippen molar-refractivity contribution in [1.29, 1.82) is 0 Å². The number of nitrogens with one attached hydrogen (secondary N) is 3. The van der Waals surface area contributed by atoms with Crippen molar-refractivity contribution in [1.82, 2.24) is 59.6 Å². The molecule has 39 heteroatoms. The molecule has 0 unspecified atom stereocenters. The van der Waals surface area contributed by atoms with Gasteiger partial charge in [0.2, 0.25) is 30.1 Å². The molecule has 0 saturated heterocycles. The molecule has 0 aliphatic carbocycles. The van der Waals surface area contributed by atoms with Crippen molar-refractivity contribution in [3.63, 3.8) is 0 Å². The minimum absolute atomic E-state index is 0.00226. The van der Waals surface area contributed by atoms with E-state index in [9.17, 15) is 76.7 Å². The third-order valence-corrected chi connectivity index (χ3v) is 28.4. The van der Waals surface area contributed by atoms with Gasteiger partial charge >= 0.3 is 0 Å². The summed E-state index contributed by atoms with van der Waals surface area (Å²) in [4.78, 5) is 110. The lowest BCUT2D eigenvalue weighted by molar-refractivity contribution is 0.0956. The standard InChI is InChI=1S/C36H34FN5O6S.C35H32FN5O6S.C34H29F2N5O5S/c1-20-7-9-22(10-8-20)30(19-47-5)42-21(2)39-28-16-15-27(40-33(28)36(42)44)25-17-26-31(18-29(25)41(4)49(6,45)46)48-34(32(26)35(43)38-3)23-11-13-24(37)14-12-23;1-19-6-8-21(9-7-19)29(18-42)41-20(2)38-27-15-14-26(39-32(27)35(41)44)24-16-25-30(17-28(24)40(4)48(5,45)46)47-33(31(25)34(43)37-3)22-10-12-23(36)13-11-22;1-18-6-7-21(25(36)14-18)17-41-19(2)38-27-13-12-26(39-31(27)34(41)43)23-15-24-29(16-28(23)40(4)47(5,44)45)46-32(30(24)33(42)37-3)20-8-10-22(35)11-9-20/h7-18,30H,19H2,1-6H3,(H,38,43);6-17,29,42H,18H2,1-5H3,(H,37,43);6-16H,17H2,1-5H3,(H,37,42)/t30-;29-;/m01./s1. The van der Waals surface area contributed by atoms with Crippen molar-refractivity contribution in [3.05, 3.63) is 334 Å². The van der Waals surface area contributed by atoms with Crippen molar-refractivity contribution in [2.45, 2.75) is 60.2 Å². The van der Waals surface area contributed by atoms with Crippen LogP contribution in [0.3, 0.4) is 0 Å². The van der Waals surface area contributed by atoms with Gasteiger partial charge in [0.15, 0.2) is 16.6 Å². The molecule has 2 atom stereocenters. The molecule has 9 heterocycles. The number of ether oxygens (including phenoxy) is 1. The summed E-state index contributed by atoms with van der Waals surface area (Å²) in [5.74, 6) is -1.60. The lowest BCUT2D eigenvalue weighted by Crippen LogP contribution is -2.31. The zero-order valence-corrected chi connectivity index (χ0v) is 83.0. The van der Waals surface area contributed by atoms with Gasteiger partial charge < -0.3 is 39.0 Å². The summed E-state index contributed by atoms with van der Waals surface area (Å²) >= 11 is 0. The van der Waals surface area contributed by atoms with E-state index >= 15 is 0 Å². The average molecular weight is 2010 g/mol. The zero-order valence-electron chi connectivity index (χ0n) is 80.6. The number of carbonyl (C=O) groups excluding carboxylic acids is 3. The second-order valence-electron chi connectivity index (χ2n) is 34.5. The monoisotopic (exact) mass is 2010 g/mol. The van der Waals surface area contributed by atoms with Crippen LogP contribution in [-0.4, -0.2) is 173 Å². The fourth-order valence-corrected chi connectivity index (χ4v) is 18.6. The number of hydrogen-bond acceptors (Lipinski definition) is 23. The van der Waals surface area contributed by atoms with Crippen LogP contribution in [0.5, 0.6) is 0 Å². The highest BCUT2D eigenvalue weighted by molar-refractivity contribution is 7.92. The highest BCUT2D eigenvalue weighted by Gasteiger charge is 2.34. The Labute approximate surface area is 822 Å². The number of aliphatic hydroxyl groups is 1. The largest absolute Gasteiger partial charge is 0.455 e. The van der Waals surface area contributed by atoms with E-state index in [0.29, 0.717) is 83.6 Å². The first kappa shape index (κ1) is 101. The molecule has 0 aliphatic rings. The normalized spacial score (nSPS) is 12.2. The fourth-order valence-electron chi connectivity index (χ4n) is 17.1. The van der Waals surface area contributed by atoms with Gasteiger partial charge in [-0.15, -0.1) is 0 Å². The summed E-state index contributed by atoms with van der Waals surface area (Å²) < 4.78 is 164. The summed E-state index contributed by atoms with van der Waals surface area (Å²) in [6.45, 7) is 10.5. The number of anilines is 3. The highest BCUT2D eigenvalue weighted by atomic mass is 32.2. The molecule has 0 spiro atoms. The molecular weight excluding hydrogens is 1920 g/mol. The molecule has 18 rings (SSSR count). The van der Waals surface area contributed by atoms with E-state index in [-0.39, 0.29) is 132 Å². The minimum atomic E-state index is -3.81. The van der Waals surface area contributed by atoms with E-state index in [1.807, 2.05) is 62.4 Å². The molecule has 32 nitrogen and oxygen atoms in total. The van der Waals surface area contributed by atoms with Crippen molar-refractivity contribution < 1.29 is 80.3 Å². The lowest BCUT2D eigenvalue weighted by Gasteiger charge is -2.22. The molecule has 0 aliphatic heterocycles. The number of carbonyl (C=O) groups is 3. The summed E-state index contributed by atoms with van der Waals surface area (Å²) in [6.07, 6.45) is 3.14. The molecule has 0 saturated carbocycles. The summed E-state index contributed by atoms with van der Waals surface area (Å²) in [5, 5.41) is 19.3. The number of aliphatic hydroxyl groups excluding tert-OH is 1. The number of fused-ring (bicyclic) bond motifs is 6. The number of nitrogens with zero attached hydrogens (tertiary/aromatic N) is 12. The van der Waals surface area contributed by atoms with Gasteiger partial charge in [-0.1, -0.05) is 71.8 Å². The van der Waals surface area contributed by atoms with Gasteiger partial charge in [0.1, 0.15) is 74.8 Å². The van der Waals surface area contributed by atoms with E-state index in [1.54, 1.807) is 106 Å². The Morgan fingerprint density at radius 2 is 0.715 bits per heavy atom. The van der Waals surface area contributed by atoms with Gasteiger partial charge in [0, 0.05) is 123 Å². The summed E-state index contributed by atoms with van der Waals surface area (Å²) in [7, 11) is -1.35. The predicted octanol–water partition coefficient (Wildman–Crippen LogP) is 16.2. The third-order valence-electron chi connectivity index (χ3n) is 24.9. The van der Waals surface area contributed by atoms with Gasteiger partial charge in [-0.2, -0.15) is 0 Å². The molecule has 0 bridgehead atoms. The van der Waals surface area contributed by atoms with Crippen molar-refractivity contribution in [3.8, 4) is 67.7 Å². The average Bonchev–Trinajstić information content (AvgIpc) is 1.55. The van der Waals surface area contributed by atoms with Crippen LogP contribution in [0.15, 0.2) is 240 Å². The Morgan fingerprint density at radius 3 is 1.03 bits per heavy atom. The first-order valence-electron chi connectivity index (χ1n) is 44.6. The number of amides is 3. The number of rotatable bonds is 24. The molecule has 144 heavy (non-hydrogen) atoms. The number of methoxy groups -OCH3 is 1. The Kier molecular flexibility index (Phi) is 28.0. The van der Waals surface area contributed by atoms with Crippen LogP contribution in [-0.2, 0) is 41.4 Å². The molecule has 9 aromatic heterocycles. The quantitative estimate of drug-likeness (QED) is 0.0408. The van der Waals surface area contributed by atoms with Crippen molar-refractivity contribution >= 4 is 131 Å². The maximum atomic E-state index is 14.7. The predicted molar refractivity (Wildman–Crippen MR) is 545 cm³/mol. The number of aryl methyl sites for hydroxylation is 6. The van der Waals surface area contributed by atoms with Crippen molar-refractivity contribution in [2.24, 2.45) is 0 Å². The number of aromatic nitrogens is 9. The maximum Gasteiger partial charge on any atom is 0.280 e. The van der Waals surface area contributed by atoms with Gasteiger partial charge in [0.25, 0.3) is 34.4 Å². The smallest absolute Gasteiger partial charge is 0.280 e. The number of hydrogen-bond donors (Lipinski definition) is 4. The van der Waals surface area contributed by atoms with E-state index in [4.69, 9.17) is 32.9 Å². The van der Waals surface area contributed by atoms with Gasteiger partial charge in [0.05, 0.1) is 118 Å². The number of furan rings is 3. The SMILES string of the molecule is CNC(=O)c1c(-c2ccc(F)cc2)oc2cc(N(C)S(C)(=O)=O)c(-c3ccc4nc(C)n(Cc5ccc(C)cc5F)c(=O)c4n3)cc12.CNC(=O)c1c(-c2ccc(F)cc2)oc2cc(N(C)S(C)(=O)=O)c(-c3ccc4nc(C)n([C@@H](COC)c5ccc(C)cc5)c(=O)c4n3)cc12.CNC(=O)c1c(-c2ccc(F)cc2)oc2cc(N(C)S(C)(=O)=O)c(-c3ccc4nc(C)n([C@H](CO)c5ccc(C)cc5)c(=O)c4n3)cc12. The maximum absolute atomic E-state index is 14.7. The number of benzene rings is 9. The van der Waals surface area contributed by atoms with E-state index in [0.717, 1.165) is 53.9 Å². The number of halogens is 4. The van der Waals surface area contributed by atoms with Gasteiger partial charge in [-0.3, -0.25) is 55.4 Å². The molecule has 4 N–H and O–H groups in total.